The number of nitrogens with zero attached hydrogens (tertiary/aromatic N) is 1. The molecule has 0 aliphatic carbocycles. The van der Waals surface area contributed by atoms with Gasteiger partial charge in [-0.1, -0.05) is 13.8 Å². The smallest absolute Gasteiger partial charge is 0.269 e. The largest absolute Gasteiger partial charge is 0.388 e. The first kappa shape index (κ1) is 12.5. The lowest BCUT2D eigenvalue weighted by atomic mass is 10.1. The normalized spacial score (nSPS) is 10.2. The van der Waals surface area contributed by atoms with Crippen LogP contribution in [0.3, 0.4) is 0 Å². The van der Waals surface area contributed by atoms with Crippen LogP contribution in [0.5, 0.6) is 0 Å². The SMILES string of the molecule is CNc1ccnc(C(=O)NCCC(C)C)c1. The summed E-state index contributed by atoms with van der Waals surface area (Å²) < 4.78 is 0. The molecule has 88 valence electrons. The standard InChI is InChI=1S/C12H19N3O/c1-9(2)4-6-15-12(16)11-8-10(13-3)5-7-14-11/h5,7-9H,4,6H2,1-3H3,(H,13,14)(H,15,16). The zero-order valence-corrected chi connectivity index (χ0v) is 10.1. The van der Waals surface area contributed by atoms with E-state index in [1.165, 1.54) is 0 Å². The van der Waals surface area contributed by atoms with Crippen molar-refractivity contribution in [2.24, 2.45) is 5.92 Å². The van der Waals surface area contributed by atoms with Crippen LogP contribution in [0.2, 0.25) is 0 Å². The Balaban J connectivity index is 2.52. The number of amides is 1. The van der Waals surface area contributed by atoms with Gasteiger partial charge in [0.25, 0.3) is 5.91 Å². The van der Waals surface area contributed by atoms with Crippen molar-refractivity contribution < 1.29 is 4.79 Å². The Hall–Kier alpha value is -1.58. The van der Waals surface area contributed by atoms with E-state index in [1.54, 1.807) is 12.3 Å². The van der Waals surface area contributed by atoms with Crippen LogP contribution in [-0.4, -0.2) is 24.5 Å². The molecule has 1 heterocycles. The Labute approximate surface area is 96.5 Å². The van der Waals surface area contributed by atoms with Crippen molar-refractivity contribution in [2.75, 3.05) is 18.9 Å². The average molecular weight is 221 g/mol. The van der Waals surface area contributed by atoms with Crippen molar-refractivity contribution >= 4 is 11.6 Å². The number of carbonyl (C=O) groups excluding carboxylic acids is 1. The Bertz CT molecular complexity index is 350. The van der Waals surface area contributed by atoms with E-state index in [4.69, 9.17) is 0 Å². The highest BCUT2D eigenvalue weighted by molar-refractivity contribution is 5.93. The van der Waals surface area contributed by atoms with Gasteiger partial charge in [0.05, 0.1) is 0 Å². The van der Waals surface area contributed by atoms with Crippen molar-refractivity contribution in [3.05, 3.63) is 24.0 Å². The van der Waals surface area contributed by atoms with Crippen LogP contribution < -0.4 is 10.6 Å². The van der Waals surface area contributed by atoms with Crippen molar-refractivity contribution in [3.8, 4) is 0 Å². The molecule has 4 heteroatoms. The van der Waals surface area contributed by atoms with E-state index in [0.29, 0.717) is 18.2 Å². The molecule has 0 fully saturated rings. The number of hydrogen-bond acceptors (Lipinski definition) is 3. The lowest BCUT2D eigenvalue weighted by Gasteiger charge is -2.07. The molecule has 1 aromatic rings. The van der Waals surface area contributed by atoms with Gasteiger partial charge in [0.1, 0.15) is 5.69 Å². The second-order valence-electron chi connectivity index (χ2n) is 4.12. The van der Waals surface area contributed by atoms with Gasteiger partial charge in [-0.05, 0) is 24.5 Å². The molecule has 1 rings (SSSR count). The molecule has 0 spiro atoms. The highest BCUT2D eigenvalue weighted by atomic mass is 16.1. The fraction of sp³-hybridized carbons (Fsp3) is 0.500. The van der Waals surface area contributed by atoms with E-state index in [2.05, 4.69) is 29.5 Å². The molecular weight excluding hydrogens is 202 g/mol. The Morgan fingerprint density at radius 1 is 1.50 bits per heavy atom. The molecule has 0 aliphatic heterocycles. The van der Waals surface area contributed by atoms with Crippen LogP contribution in [0.1, 0.15) is 30.8 Å². The maximum Gasteiger partial charge on any atom is 0.269 e. The van der Waals surface area contributed by atoms with Crippen LogP contribution in [0.4, 0.5) is 5.69 Å². The zero-order valence-electron chi connectivity index (χ0n) is 10.1. The predicted octanol–water partition coefficient (Wildman–Crippen LogP) is 1.90. The van der Waals surface area contributed by atoms with Gasteiger partial charge in [0.2, 0.25) is 0 Å². The highest BCUT2D eigenvalue weighted by Crippen LogP contribution is 2.06. The maximum absolute atomic E-state index is 11.7. The molecule has 0 saturated heterocycles. The third-order valence-electron chi connectivity index (χ3n) is 2.29. The van der Waals surface area contributed by atoms with Crippen molar-refractivity contribution in [2.45, 2.75) is 20.3 Å². The number of aromatic nitrogens is 1. The Morgan fingerprint density at radius 3 is 2.88 bits per heavy atom. The van der Waals surface area contributed by atoms with Gasteiger partial charge < -0.3 is 10.6 Å². The molecule has 1 aromatic heterocycles. The molecule has 16 heavy (non-hydrogen) atoms. The van der Waals surface area contributed by atoms with Crippen LogP contribution in [-0.2, 0) is 0 Å². The molecule has 2 N–H and O–H groups in total. The maximum atomic E-state index is 11.7. The minimum absolute atomic E-state index is 0.113. The van der Waals surface area contributed by atoms with Crippen LogP contribution in [0, 0.1) is 5.92 Å². The summed E-state index contributed by atoms with van der Waals surface area (Å²) in [6, 6.07) is 3.57. The van der Waals surface area contributed by atoms with Crippen LogP contribution >= 0.6 is 0 Å². The van der Waals surface area contributed by atoms with E-state index >= 15 is 0 Å². The Kier molecular flexibility index (Phi) is 4.76. The third-order valence-corrected chi connectivity index (χ3v) is 2.29. The van der Waals surface area contributed by atoms with Gasteiger partial charge in [0, 0.05) is 25.5 Å². The number of hydrogen-bond donors (Lipinski definition) is 2. The van der Waals surface area contributed by atoms with E-state index in [0.717, 1.165) is 12.1 Å². The molecule has 0 bridgehead atoms. The van der Waals surface area contributed by atoms with Gasteiger partial charge in [-0.2, -0.15) is 0 Å². The summed E-state index contributed by atoms with van der Waals surface area (Å²) in [7, 11) is 1.82. The lowest BCUT2D eigenvalue weighted by Crippen LogP contribution is -2.26. The quantitative estimate of drug-likeness (QED) is 0.798. The van der Waals surface area contributed by atoms with Crippen molar-refractivity contribution in [1.29, 1.82) is 0 Å². The zero-order chi connectivity index (χ0) is 12.0. The molecule has 0 unspecified atom stereocenters. The first-order valence-corrected chi connectivity index (χ1v) is 5.55. The van der Waals surface area contributed by atoms with E-state index in [-0.39, 0.29) is 5.91 Å². The summed E-state index contributed by atoms with van der Waals surface area (Å²) in [6.07, 6.45) is 2.61. The first-order chi connectivity index (χ1) is 7.63. The number of carbonyl (C=O) groups is 1. The number of rotatable bonds is 5. The van der Waals surface area contributed by atoms with Gasteiger partial charge >= 0.3 is 0 Å². The van der Waals surface area contributed by atoms with E-state index in [1.807, 2.05) is 13.1 Å². The average Bonchev–Trinajstić information content (AvgIpc) is 2.28. The van der Waals surface area contributed by atoms with Crippen molar-refractivity contribution in [3.63, 3.8) is 0 Å². The summed E-state index contributed by atoms with van der Waals surface area (Å²) in [5, 5.41) is 5.83. The summed E-state index contributed by atoms with van der Waals surface area (Å²) in [6.45, 7) is 4.96. The predicted molar refractivity (Wildman–Crippen MR) is 65.6 cm³/mol. The van der Waals surface area contributed by atoms with Crippen LogP contribution in [0.25, 0.3) is 0 Å². The fourth-order valence-electron chi connectivity index (χ4n) is 1.28. The summed E-state index contributed by atoms with van der Waals surface area (Å²) in [5.41, 5.74) is 1.35. The molecule has 1 amide bonds. The molecule has 0 saturated carbocycles. The summed E-state index contributed by atoms with van der Waals surface area (Å²) in [5.74, 6) is 0.481. The van der Waals surface area contributed by atoms with Crippen LogP contribution in [0.15, 0.2) is 18.3 Å². The van der Waals surface area contributed by atoms with E-state index in [9.17, 15) is 4.79 Å². The van der Waals surface area contributed by atoms with Gasteiger partial charge in [-0.15, -0.1) is 0 Å². The summed E-state index contributed by atoms with van der Waals surface area (Å²) >= 11 is 0. The number of anilines is 1. The Morgan fingerprint density at radius 2 is 2.25 bits per heavy atom. The molecule has 0 aliphatic rings. The monoisotopic (exact) mass is 221 g/mol. The molecule has 0 radical (unpaired) electrons. The second kappa shape index (κ2) is 6.10. The van der Waals surface area contributed by atoms with Gasteiger partial charge in [-0.3, -0.25) is 9.78 Å². The molecule has 0 aromatic carbocycles. The second-order valence-corrected chi connectivity index (χ2v) is 4.12. The lowest BCUT2D eigenvalue weighted by molar-refractivity contribution is 0.0947. The minimum atomic E-state index is -0.113. The fourth-order valence-corrected chi connectivity index (χ4v) is 1.28. The first-order valence-electron chi connectivity index (χ1n) is 5.55. The molecule has 0 atom stereocenters. The van der Waals surface area contributed by atoms with Gasteiger partial charge in [0.15, 0.2) is 0 Å². The highest BCUT2D eigenvalue weighted by Gasteiger charge is 2.06. The number of pyridine rings is 1. The summed E-state index contributed by atoms with van der Waals surface area (Å²) in [4.78, 5) is 15.7. The van der Waals surface area contributed by atoms with Crippen molar-refractivity contribution in [1.82, 2.24) is 10.3 Å². The molecular formula is C12H19N3O. The molecule has 4 nitrogen and oxygen atoms in total. The third kappa shape index (κ3) is 3.88. The van der Waals surface area contributed by atoms with E-state index < -0.39 is 0 Å². The number of nitrogens with one attached hydrogen (secondary N) is 2. The van der Waals surface area contributed by atoms with Gasteiger partial charge in [-0.25, -0.2) is 0 Å². The minimum Gasteiger partial charge on any atom is -0.388 e. The topological polar surface area (TPSA) is 54.0 Å².